The molecule has 0 aliphatic heterocycles. The first kappa shape index (κ1) is 66.6. The molecular weight excluding hydrogens is 831 g/mol. The highest BCUT2D eigenvalue weighted by Crippen LogP contribution is 2.18. The van der Waals surface area contributed by atoms with Gasteiger partial charge in [-0.3, -0.25) is 4.79 Å². The quantitative estimate of drug-likeness (QED) is 0.0420. The van der Waals surface area contributed by atoms with Crippen LogP contribution in [0.2, 0.25) is 0 Å². The Balaban J connectivity index is 3.50. The second-order valence-corrected chi connectivity index (χ2v) is 21.5. The van der Waals surface area contributed by atoms with Gasteiger partial charge in [-0.05, 0) is 44.9 Å². The number of amides is 1. The minimum Gasteiger partial charge on any atom is -0.394 e. The fraction of sp³-hybridized carbons (Fsp3) is 0.891. The zero-order valence-corrected chi connectivity index (χ0v) is 46.4. The Bertz CT molecular complexity index is 1040. The molecule has 68 heavy (non-hydrogen) atoms. The number of rotatable bonds is 58. The smallest absolute Gasteiger partial charge is 0.220 e. The van der Waals surface area contributed by atoms with E-state index in [1.165, 1.54) is 289 Å². The summed E-state index contributed by atoms with van der Waals surface area (Å²) in [6, 6.07) is -0.645. The van der Waals surface area contributed by atoms with Gasteiger partial charge in [-0.1, -0.05) is 333 Å². The Labute approximate surface area is 427 Å². The molecule has 0 aromatic rings. The first-order valence-electron chi connectivity index (χ1n) is 31.2. The van der Waals surface area contributed by atoms with Gasteiger partial charge in [0.15, 0.2) is 0 Å². The standard InChI is InChI=1S/C64H123NO3/c1-3-5-7-9-11-13-15-17-19-21-23-25-27-28-29-30-31-32-33-34-35-36-38-39-41-43-45-47-49-51-53-55-57-59-63(67)62(61-66)65-64(68)60-58-56-54-52-50-48-46-44-42-40-37-26-24-22-20-18-16-14-12-10-8-6-4-2/h41,43,49,51,57,59,62-63,66-67H,3-40,42,44-48,50,52-56,58,60-61H2,1-2H3,(H,65,68)/b43-41+,51-49+,59-57+. The molecule has 2 atom stereocenters. The van der Waals surface area contributed by atoms with Crippen LogP contribution in [0, 0.1) is 0 Å². The van der Waals surface area contributed by atoms with E-state index < -0.39 is 12.1 Å². The highest BCUT2D eigenvalue weighted by atomic mass is 16.3. The lowest BCUT2D eigenvalue weighted by Crippen LogP contribution is -2.45. The molecule has 0 bridgehead atoms. The number of carbonyl (C=O) groups excluding carboxylic acids is 1. The molecule has 0 saturated heterocycles. The average Bonchev–Trinajstić information content (AvgIpc) is 3.34. The van der Waals surface area contributed by atoms with E-state index >= 15 is 0 Å². The van der Waals surface area contributed by atoms with Gasteiger partial charge in [-0.15, -0.1) is 0 Å². The number of aliphatic hydroxyl groups excluding tert-OH is 2. The third-order valence-electron chi connectivity index (χ3n) is 14.6. The van der Waals surface area contributed by atoms with E-state index in [4.69, 9.17) is 0 Å². The number of unbranched alkanes of at least 4 members (excludes halogenated alkanes) is 47. The SMILES string of the molecule is CCCCCCCCCCCCCCCCCCCCCCCCC/C=C/CC/C=C/CC/C=C/C(O)C(CO)NC(=O)CCCCCCCCCCCCCCCCCCCCCCCCC. The lowest BCUT2D eigenvalue weighted by Gasteiger charge is -2.19. The summed E-state index contributed by atoms with van der Waals surface area (Å²) in [5, 5.41) is 23.2. The van der Waals surface area contributed by atoms with Crippen LogP contribution in [0.1, 0.15) is 348 Å². The van der Waals surface area contributed by atoms with E-state index in [9.17, 15) is 15.0 Å². The number of allylic oxidation sites excluding steroid dienone is 5. The molecule has 0 rings (SSSR count). The Morgan fingerprint density at radius 2 is 0.574 bits per heavy atom. The first-order chi connectivity index (χ1) is 33.7. The maximum Gasteiger partial charge on any atom is 0.220 e. The highest BCUT2D eigenvalue weighted by molar-refractivity contribution is 5.76. The molecule has 4 nitrogen and oxygen atoms in total. The fourth-order valence-electron chi connectivity index (χ4n) is 9.86. The summed E-state index contributed by atoms with van der Waals surface area (Å²) in [5.74, 6) is -0.0712. The summed E-state index contributed by atoms with van der Waals surface area (Å²) in [5.41, 5.74) is 0. The van der Waals surface area contributed by atoms with E-state index in [0.29, 0.717) is 6.42 Å². The number of hydrogen-bond donors (Lipinski definition) is 3. The van der Waals surface area contributed by atoms with Crippen LogP contribution in [0.4, 0.5) is 0 Å². The topological polar surface area (TPSA) is 69.6 Å². The van der Waals surface area contributed by atoms with Gasteiger partial charge >= 0.3 is 0 Å². The number of hydrogen-bond acceptors (Lipinski definition) is 3. The molecule has 402 valence electrons. The zero-order chi connectivity index (χ0) is 49.2. The van der Waals surface area contributed by atoms with Crippen molar-refractivity contribution >= 4 is 5.91 Å². The van der Waals surface area contributed by atoms with Crippen LogP contribution in [-0.4, -0.2) is 34.9 Å². The van der Waals surface area contributed by atoms with Crippen LogP contribution in [0.25, 0.3) is 0 Å². The van der Waals surface area contributed by atoms with E-state index in [-0.39, 0.29) is 12.5 Å². The molecule has 0 aromatic carbocycles. The maximum absolute atomic E-state index is 12.5. The average molecular weight is 955 g/mol. The Kier molecular flexibility index (Phi) is 58.7. The summed E-state index contributed by atoms with van der Waals surface area (Å²) in [7, 11) is 0. The van der Waals surface area contributed by atoms with Crippen molar-refractivity contribution in [3.8, 4) is 0 Å². The Morgan fingerprint density at radius 3 is 0.853 bits per heavy atom. The molecule has 0 radical (unpaired) electrons. The van der Waals surface area contributed by atoms with Crippen molar-refractivity contribution < 1.29 is 15.0 Å². The largest absolute Gasteiger partial charge is 0.394 e. The summed E-state index contributed by atoms with van der Waals surface area (Å²) >= 11 is 0. The van der Waals surface area contributed by atoms with Gasteiger partial charge < -0.3 is 15.5 Å². The molecule has 0 saturated carbocycles. The molecule has 0 fully saturated rings. The van der Waals surface area contributed by atoms with E-state index in [2.05, 4.69) is 43.5 Å². The molecular formula is C64H123NO3. The van der Waals surface area contributed by atoms with Crippen LogP contribution >= 0.6 is 0 Å². The molecule has 0 heterocycles. The second kappa shape index (κ2) is 59.9. The minimum atomic E-state index is -0.870. The van der Waals surface area contributed by atoms with Crippen LogP contribution in [0.15, 0.2) is 36.5 Å². The van der Waals surface area contributed by atoms with Crippen molar-refractivity contribution in [2.24, 2.45) is 0 Å². The van der Waals surface area contributed by atoms with Crippen LogP contribution in [0.3, 0.4) is 0 Å². The van der Waals surface area contributed by atoms with Crippen molar-refractivity contribution in [2.75, 3.05) is 6.61 Å². The fourth-order valence-corrected chi connectivity index (χ4v) is 9.86. The van der Waals surface area contributed by atoms with Crippen molar-refractivity contribution in [1.82, 2.24) is 5.32 Å². The van der Waals surface area contributed by atoms with Crippen molar-refractivity contribution in [3.05, 3.63) is 36.5 Å². The number of nitrogens with one attached hydrogen (secondary N) is 1. The van der Waals surface area contributed by atoms with E-state index in [0.717, 1.165) is 38.5 Å². The lowest BCUT2D eigenvalue weighted by molar-refractivity contribution is -0.123. The van der Waals surface area contributed by atoms with Gasteiger partial charge in [0.2, 0.25) is 5.91 Å². The summed E-state index contributed by atoms with van der Waals surface area (Å²) in [6.07, 6.45) is 82.0. The zero-order valence-electron chi connectivity index (χ0n) is 46.4. The second-order valence-electron chi connectivity index (χ2n) is 21.5. The third-order valence-corrected chi connectivity index (χ3v) is 14.6. The van der Waals surface area contributed by atoms with Crippen molar-refractivity contribution in [2.45, 2.75) is 360 Å². The molecule has 4 heteroatoms. The monoisotopic (exact) mass is 954 g/mol. The van der Waals surface area contributed by atoms with Gasteiger partial charge in [0.1, 0.15) is 0 Å². The van der Waals surface area contributed by atoms with Crippen LogP contribution in [-0.2, 0) is 4.79 Å². The Morgan fingerprint density at radius 1 is 0.338 bits per heavy atom. The van der Waals surface area contributed by atoms with Gasteiger partial charge in [0.05, 0.1) is 18.8 Å². The lowest BCUT2D eigenvalue weighted by atomic mass is 10.0. The molecule has 1 amide bonds. The van der Waals surface area contributed by atoms with Crippen LogP contribution < -0.4 is 5.32 Å². The predicted molar refractivity (Wildman–Crippen MR) is 304 cm³/mol. The molecule has 0 spiro atoms. The first-order valence-corrected chi connectivity index (χ1v) is 31.2. The van der Waals surface area contributed by atoms with Gasteiger partial charge in [0, 0.05) is 6.42 Å². The van der Waals surface area contributed by atoms with E-state index in [1.807, 2.05) is 6.08 Å². The molecule has 2 unspecified atom stereocenters. The predicted octanol–water partition coefficient (Wildman–Crippen LogP) is 20.8. The molecule has 3 N–H and O–H groups in total. The summed E-state index contributed by atoms with van der Waals surface area (Å²) < 4.78 is 0. The number of carbonyl (C=O) groups is 1. The van der Waals surface area contributed by atoms with Gasteiger partial charge in [-0.25, -0.2) is 0 Å². The molecule has 0 aliphatic carbocycles. The van der Waals surface area contributed by atoms with Gasteiger partial charge in [0.25, 0.3) is 0 Å². The minimum absolute atomic E-state index is 0.0712. The van der Waals surface area contributed by atoms with E-state index in [1.54, 1.807) is 6.08 Å². The van der Waals surface area contributed by atoms with Crippen molar-refractivity contribution in [3.63, 3.8) is 0 Å². The number of aliphatic hydroxyl groups is 2. The Hall–Kier alpha value is -1.39. The van der Waals surface area contributed by atoms with Crippen LogP contribution in [0.5, 0.6) is 0 Å². The summed E-state index contributed by atoms with van der Waals surface area (Å²) in [6.45, 7) is 4.34. The summed E-state index contributed by atoms with van der Waals surface area (Å²) in [4.78, 5) is 12.5. The molecule has 0 aliphatic rings. The highest BCUT2D eigenvalue weighted by Gasteiger charge is 2.18. The van der Waals surface area contributed by atoms with Gasteiger partial charge in [-0.2, -0.15) is 0 Å². The normalized spacial score (nSPS) is 12.9. The maximum atomic E-state index is 12.5. The third kappa shape index (κ3) is 55.5. The van der Waals surface area contributed by atoms with Crippen molar-refractivity contribution in [1.29, 1.82) is 0 Å². The molecule has 0 aromatic heterocycles.